The van der Waals surface area contributed by atoms with Crippen LogP contribution in [-0.4, -0.2) is 9.97 Å². The van der Waals surface area contributed by atoms with Crippen molar-refractivity contribution in [3.05, 3.63) is 194 Å². The Morgan fingerprint density at radius 1 is 0.361 bits per heavy atom. The predicted octanol–water partition coefficient (Wildman–Crippen LogP) is 15.9. The van der Waals surface area contributed by atoms with Crippen LogP contribution in [0.5, 0.6) is 0 Å². The van der Waals surface area contributed by atoms with E-state index < -0.39 is 0 Å². The molecule has 286 valence electrons. The smallest absolute Gasteiger partial charge is 0.139 e. The molecule has 0 radical (unpaired) electrons. The van der Waals surface area contributed by atoms with E-state index in [1.165, 1.54) is 10.8 Å². The minimum Gasteiger partial charge on any atom is -0.456 e. The number of hydrogen-bond donors (Lipinski definition) is 0. The molecule has 13 rings (SSSR count). The Balaban J connectivity index is 0.961. The van der Waals surface area contributed by atoms with Crippen LogP contribution in [0.1, 0.15) is 0 Å². The molecule has 5 aromatic heterocycles. The molecule has 0 bridgehead atoms. The summed E-state index contributed by atoms with van der Waals surface area (Å²) in [7, 11) is 0. The largest absolute Gasteiger partial charge is 0.456 e. The second kappa shape index (κ2) is 13.3. The number of nitrogens with zero attached hydrogens (tertiary/aromatic N) is 4. The number of para-hydroxylation sites is 2. The summed E-state index contributed by atoms with van der Waals surface area (Å²) in [6, 6.07) is 65.8. The molecule has 0 fully saturated rings. The van der Waals surface area contributed by atoms with Gasteiger partial charge in [0.15, 0.2) is 0 Å². The van der Waals surface area contributed by atoms with E-state index in [0.29, 0.717) is 0 Å². The number of rotatable bonds is 6. The van der Waals surface area contributed by atoms with Crippen molar-refractivity contribution < 1.29 is 8.83 Å². The normalized spacial score (nSPS) is 11.9. The van der Waals surface area contributed by atoms with E-state index in [9.17, 15) is 0 Å². The molecular weight excluding hydrogens is 769 g/mol. The predicted molar refractivity (Wildman–Crippen MR) is 254 cm³/mol. The lowest BCUT2D eigenvalue weighted by Gasteiger charge is -2.25. The van der Waals surface area contributed by atoms with Crippen molar-refractivity contribution in [3.63, 3.8) is 0 Å². The molecule has 0 unspecified atom stereocenters. The van der Waals surface area contributed by atoms with Crippen molar-refractivity contribution in [2.45, 2.75) is 0 Å². The molecule has 8 aromatic carbocycles. The van der Waals surface area contributed by atoms with E-state index in [2.05, 4.69) is 174 Å². The molecular formula is C54H32N4O2S. The van der Waals surface area contributed by atoms with E-state index in [0.717, 1.165) is 109 Å². The van der Waals surface area contributed by atoms with Crippen molar-refractivity contribution in [1.82, 2.24) is 9.97 Å². The Morgan fingerprint density at radius 3 is 1.44 bits per heavy atom. The van der Waals surface area contributed by atoms with Gasteiger partial charge >= 0.3 is 0 Å². The van der Waals surface area contributed by atoms with E-state index in [1.807, 2.05) is 30.5 Å². The molecule has 0 N–H and O–H groups in total. The number of anilines is 6. The first-order chi connectivity index (χ1) is 30.2. The Kier molecular flexibility index (Phi) is 7.37. The highest BCUT2D eigenvalue weighted by atomic mass is 32.1. The van der Waals surface area contributed by atoms with Crippen LogP contribution in [0.25, 0.3) is 85.7 Å². The maximum Gasteiger partial charge on any atom is 0.139 e. The molecule has 5 heterocycles. The van der Waals surface area contributed by atoms with Gasteiger partial charge in [-0.15, -0.1) is 11.3 Å². The van der Waals surface area contributed by atoms with Gasteiger partial charge in [-0.3, -0.25) is 9.80 Å². The van der Waals surface area contributed by atoms with Gasteiger partial charge in [-0.05, 0) is 100 Å². The van der Waals surface area contributed by atoms with Crippen LogP contribution < -0.4 is 9.80 Å². The second-order valence-electron chi connectivity index (χ2n) is 15.5. The first kappa shape index (κ1) is 33.9. The number of thiophene rings is 1. The fourth-order valence-corrected chi connectivity index (χ4v) is 10.0. The van der Waals surface area contributed by atoms with Crippen molar-refractivity contribution >= 4 is 131 Å². The number of aromatic nitrogens is 2. The highest BCUT2D eigenvalue weighted by Gasteiger charge is 2.21. The molecule has 0 atom stereocenters. The van der Waals surface area contributed by atoms with Crippen molar-refractivity contribution in [2.75, 3.05) is 9.80 Å². The van der Waals surface area contributed by atoms with Gasteiger partial charge < -0.3 is 8.83 Å². The number of benzene rings is 8. The lowest BCUT2D eigenvalue weighted by atomic mass is 10.1. The summed E-state index contributed by atoms with van der Waals surface area (Å²) in [5, 5.41) is 11.2. The van der Waals surface area contributed by atoms with Crippen molar-refractivity contribution in [3.8, 4) is 0 Å². The average molecular weight is 801 g/mol. The molecule has 6 nitrogen and oxygen atoms in total. The van der Waals surface area contributed by atoms with Crippen LogP contribution in [-0.2, 0) is 0 Å². The molecule has 0 aliphatic heterocycles. The van der Waals surface area contributed by atoms with E-state index in [-0.39, 0.29) is 0 Å². The Hall–Kier alpha value is -8.00. The van der Waals surface area contributed by atoms with Gasteiger partial charge in [-0.25, -0.2) is 9.97 Å². The monoisotopic (exact) mass is 800 g/mol. The zero-order valence-corrected chi connectivity index (χ0v) is 33.3. The van der Waals surface area contributed by atoms with Crippen LogP contribution >= 0.6 is 11.3 Å². The first-order valence-electron chi connectivity index (χ1n) is 20.3. The summed E-state index contributed by atoms with van der Waals surface area (Å²) in [5.74, 6) is 1.62. The van der Waals surface area contributed by atoms with Gasteiger partial charge in [-0.2, -0.15) is 0 Å². The Morgan fingerprint density at radius 2 is 0.836 bits per heavy atom. The summed E-state index contributed by atoms with van der Waals surface area (Å²) in [5.41, 5.74) is 7.36. The molecule has 0 saturated carbocycles. The average Bonchev–Trinajstić information content (AvgIpc) is 3.99. The summed E-state index contributed by atoms with van der Waals surface area (Å²) in [6.07, 6.45) is 2.00. The highest BCUT2D eigenvalue weighted by Crippen LogP contribution is 2.44. The fourth-order valence-electron chi connectivity index (χ4n) is 8.94. The maximum absolute atomic E-state index is 6.38. The van der Waals surface area contributed by atoms with Crippen LogP contribution in [0.2, 0.25) is 0 Å². The number of fused-ring (bicyclic) bond motifs is 11. The number of hydrogen-bond acceptors (Lipinski definition) is 7. The molecule has 61 heavy (non-hydrogen) atoms. The molecule has 0 aliphatic rings. The van der Waals surface area contributed by atoms with Crippen LogP contribution in [0, 0.1) is 0 Å². The topological polar surface area (TPSA) is 58.5 Å². The van der Waals surface area contributed by atoms with E-state index in [1.54, 1.807) is 11.3 Å². The standard InChI is InChI=1S/C54H32N4O2S/c1-3-11-35-27-37(19-17-33(35)9-1)57(39-21-23-43-41-13-5-7-15-47(41)59-49(43)29-39)52-26-25-45-46-32-55-53(31-51(46)61-54(45)56-52)58(38-20-18-34-10-2-4-12-36(34)28-38)40-22-24-44-42-14-6-8-16-48(42)60-50(44)30-40/h1-32H. The lowest BCUT2D eigenvalue weighted by molar-refractivity contribution is 0.668. The van der Waals surface area contributed by atoms with Gasteiger partial charge in [0.1, 0.15) is 38.8 Å². The Bertz CT molecular complexity index is 3630. The third-order valence-corrected chi connectivity index (χ3v) is 12.9. The third kappa shape index (κ3) is 5.48. The summed E-state index contributed by atoms with van der Waals surface area (Å²) in [6.45, 7) is 0. The number of furan rings is 2. The highest BCUT2D eigenvalue weighted by molar-refractivity contribution is 7.25. The van der Waals surface area contributed by atoms with Gasteiger partial charge in [0.2, 0.25) is 0 Å². The molecule has 0 spiro atoms. The molecule has 0 saturated heterocycles. The minimum atomic E-state index is 0.807. The maximum atomic E-state index is 6.38. The van der Waals surface area contributed by atoms with Gasteiger partial charge in [-0.1, -0.05) is 97.1 Å². The fraction of sp³-hybridized carbons (Fsp3) is 0. The van der Waals surface area contributed by atoms with E-state index >= 15 is 0 Å². The SMILES string of the molecule is c1ccc2cc(N(c3ccc4c(c3)oc3ccccc34)c3cc4sc5nc(N(c6ccc7ccccc7c6)c6ccc7c(c6)oc6ccccc67)ccc5c4cn3)ccc2c1. The Labute approximate surface area is 352 Å². The third-order valence-electron chi connectivity index (χ3n) is 11.9. The zero-order chi connectivity index (χ0) is 40.0. The minimum absolute atomic E-state index is 0.807. The van der Waals surface area contributed by atoms with Crippen LogP contribution in [0.3, 0.4) is 0 Å². The molecule has 13 aromatic rings. The van der Waals surface area contributed by atoms with Gasteiger partial charge in [0.25, 0.3) is 0 Å². The number of pyridine rings is 2. The summed E-state index contributed by atoms with van der Waals surface area (Å²) >= 11 is 1.68. The quantitative estimate of drug-likeness (QED) is 0.167. The van der Waals surface area contributed by atoms with Crippen molar-refractivity contribution in [1.29, 1.82) is 0 Å². The molecule has 0 amide bonds. The molecule has 7 heteroatoms. The van der Waals surface area contributed by atoms with Crippen LogP contribution in [0.15, 0.2) is 203 Å². The summed E-state index contributed by atoms with van der Waals surface area (Å²) in [4.78, 5) is 16.0. The van der Waals surface area contributed by atoms with Gasteiger partial charge in [0.05, 0.1) is 11.4 Å². The zero-order valence-electron chi connectivity index (χ0n) is 32.5. The van der Waals surface area contributed by atoms with Crippen LogP contribution in [0.4, 0.5) is 34.4 Å². The summed E-state index contributed by atoms with van der Waals surface area (Å²) < 4.78 is 13.9. The second-order valence-corrected chi connectivity index (χ2v) is 16.5. The molecule has 0 aliphatic carbocycles. The van der Waals surface area contributed by atoms with E-state index in [4.69, 9.17) is 18.8 Å². The lowest BCUT2D eigenvalue weighted by Crippen LogP contribution is -2.11. The van der Waals surface area contributed by atoms with Crippen molar-refractivity contribution in [2.24, 2.45) is 0 Å². The van der Waals surface area contributed by atoms with Gasteiger partial charge in [0, 0.05) is 66.7 Å². The first-order valence-corrected chi connectivity index (χ1v) is 21.1.